The van der Waals surface area contributed by atoms with Gasteiger partial charge in [-0.2, -0.15) is 4.52 Å². The molecule has 166 valence electrons. The molecule has 0 atom stereocenters. The van der Waals surface area contributed by atoms with E-state index in [-0.39, 0.29) is 21.0 Å². The molecule has 8 heteroatoms. The Balaban J connectivity index is 1.68. The molecule has 0 fully saturated rings. The first-order chi connectivity index (χ1) is 15.7. The van der Waals surface area contributed by atoms with Crippen LogP contribution in [0.4, 0.5) is 11.5 Å². The fourth-order valence-corrected chi connectivity index (χ4v) is 4.95. The van der Waals surface area contributed by atoms with Gasteiger partial charge in [-0.25, -0.2) is 13.4 Å². The van der Waals surface area contributed by atoms with E-state index in [9.17, 15) is 8.42 Å². The van der Waals surface area contributed by atoms with Crippen LogP contribution in [0.3, 0.4) is 0 Å². The number of nitrogens with zero attached hydrogens (tertiary/aromatic N) is 4. The Labute approximate surface area is 192 Å². The maximum atomic E-state index is 13.5. The Hall–Kier alpha value is -3.78. The van der Waals surface area contributed by atoms with Gasteiger partial charge in [-0.3, -0.25) is 0 Å². The Morgan fingerprint density at radius 2 is 1.52 bits per heavy atom. The third-order valence-electron chi connectivity index (χ3n) is 5.54. The summed E-state index contributed by atoms with van der Waals surface area (Å²) in [6.45, 7) is 6.25. The van der Waals surface area contributed by atoms with Gasteiger partial charge >= 0.3 is 0 Å². The summed E-state index contributed by atoms with van der Waals surface area (Å²) < 4.78 is 28.5. The van der Waals surface area contributed by atoms with Crippen LogP contribution in [0, 0.1) is 0 Å². The summed E-state index contributed by atoms with van der Waals surface area (Å²) in [5.74, 6) is 0.533. The van der Waals surface area contributed by atoms with Gasteiger partial charge < -0.3 is 5.32 Å². The summed E-state index contributed by atoms with van der Waals surface area (Å²) in [6, 6.07) is 24.1. The summed E-state index contributed by atoms with van der Waals surface area (Å²) in [4.78, 5) is 4.81. The van der Waals surface area contributed by atoms with Gasteiger partial charge in [-0.05, 0) is 47.4 Å². The molecular weight excluding hydrogens is 434 g/mol. The van der Waals surface area contributed by atoms with E-state index in [4.69, 9.17) is 0 Å². The van der Waals surface area contributed by atoms with E-state index >= 15 is 0 Å². The number of aromatic nitrogens is 4. The minimum atomic E-state index is -3.93. The summed E-state index contributed by atoms with van der Waals surface area (Å²) in [5, 5.41) is 12.1. The number of nitrogens with one attached hydrogen (secondary N) is 1. The molecule has 0 saturated carbocycles. The number of sulfone groups is 1. The molecule has 0 aliphatic rings. The smallest absolute Gasteiger partial charge is 0.229 e. The van der Waals surface area contributed by atoms with Crippen LogP contribution < -0.4 is 5.32 Å². The summed E-state index contributed by atoms with van der Waals surface area (Å²) in [7, 11) is -3.93. The van der Waals surface area contributed by atoms with E-state index in [0.717, 1.165) is 16.6 Å². The lowest BCUT2D eigenvalue weighted by Crippen LogP contribution is -2.11. The molecule has 0 spiro atoms. The van der Waals surface area contributed by atoms with E-state index in [1.807, 2.05) is 66.7 Å². The number of rotatable bonds is 4. The molecule has 0 saturated heterocycles. The first-order valence-electron chi connectivity index (χ1n) is 10.6. The molecule has 0 aliphatic heterocycles. The number of fused-ring (bicyclic) bond motifs is 3. The van der Waals surface area contributed by atoms with Crippen molar-refractivity contribution in [3.05, 3.63) is 84.4 Å². The van der Waals surface area contributed by atoms with Crippen LogP contribution in [0.25, 0.3) is 16.6 Å². The second-order valence-corrected chi connectivity index (χ2v) is 10.7. The number of hydrogen-bond donors (Lipinski definition) is 1. The van der Waals surface area contributed by atoms with Crippen molar-refractivity contribution in [2.24, 2.45) is 0 Å². The van der Waals surface area contributed by atoms with E-state index in [2.05, 4.69) is 41.4 Å². The number of hydrogen-bond acceptors (Lipinski definition) is 6. The molecule has 33 heavy (non-hydrogen) atoms. The second-order valence-electron chi connectivity index (χ2n) is 8.88. The lowest BCUT2D eigenvalue weighted by Gasteiger charge is -2.19. The van der Waals surface area contributed by atoms with Crippen molar-refractivity contribution in [1.29, 1.82) is 0 Å². The lowest BCUT2D eigenvalue weighted by atomic mass is 9.87. The summed E-state index contributed by atoms with van der Waals surface area (Å²) in [5.41, 5.74) is 2.69. The Morgan fingerprint density at radius 3 is 2.21 bits per heavy atom. The molecule has 0 amide bonds. The van der Waals surface area contributed by atoms with Gasteiger partial charge in [0.05, 0.1) is 10.4 Å². The zero-order chi connectivity index (χ0) is 23.2. The molecule has 5 aromatic rings. The lowest BCUT2D eigenvalue weighted by molar-refractivity contribution is 0.585. The third-order valence-corrected chi connectivity index (χ3v) is 7.21. The van der Waals surface area contributed by atoms with E-state index in [1.165, 1.54) is 4.52 Å². The van der Waals surface area contributed by atoms with E-state index in [0.29, 0.717) is 11.3 Å². The largest absolute Gasteiger partial charge is 0.340 e. The van der Waals surface area contributed by atoms with Crippen LogP contribution in [0.5, 0.6) is 0 Å². The molecule has 3 aromatic carbocycles. The predicted molar refractivity (Wildman–Crippen MR) is 129 cm³/mol. The highest BCUT2D eigenvalue weighted by Crippen LogP contribution is 2.30. The standard InChI is InChI=1S/C25H23N5O2S/c1-25(2,3)17-13-15-19(16-14-17)33(31,32)24-23-27-22(26-18-9-5-4-6-10-18)20-11-7-8-12-21(20)30(23)29-28-24/h4-16H,1-3H3,(H,26,27). The highest BCUT2D eigenvalue weighted by Gasteiger charge is 2.27. The van der Waals surface area contributed by atoms with E-state index < -0.39 is 9.84 Å². The van der Waals surface area contributed by atoms with Crippen molar-refractivity contribution in [1.82, 2.24) is 19.8 Å². The highest BCUT2D eigenvalue weighted by atomic mass is 32.2. The van der Waals surface area contributed by atoms with E-state index in [1.54, 1.807) is 12.1 Å². The van der Waals surface area contributed by atoms with Crippen molar-refractivity contribution < 1.29 is 8.42 Å². The molecule has 2 heterocycles. The van der Waals surface area contributed by atoms with Gasteiger partial charge in [0.2, 0.25) is 14.9 Å². The average molecular weight is 458 g/mol. The fraction of sp³-hybridized carbons (Fsp3) is 0.160. The quantitative estimate of drug-likeness (QED) is 0.401. The molecule has 0 aliphatic carbocycles. The Kier molecular flexibility index (Phi) is 4.90. The molecule has 0 radical (unpaired) electrons. The van der Waals surface area contributed by atoms with Crippen LogP contribution in [0.2, 0.25) is 0 Å². The fourth-order valence-electron chi connectivity index (χ4n) is 3.72. The molecule has 0 bridgehead atoms. The van der Waals surface area contributed by atoms with Crippen molar-refractivity contribution >= 4 is 37.9 Å². The zero-order valence-corrected chi connectivity index (χ0v) is 19.3. The van der Waals surface area contributed by atoms with Gasteiger partial charge in [-0.15, -0.1) is 5.10 Å². The van der Waals surface area contributed by atoms with Gasteiger partial charge in [0.1, 0.15) is 5.82 Å². The maximum Gasteiger partial charge on any atom is 0.229 e. The van der Waals surface area contributed by atoms with Crippen LogP contribution in [-0.4, -0.2) is 28.2 Å². The predicted octanol–water partition coefficient (Wildman–Crippen LogP) is 5.15. The summed E-state index contributed by atoms with van der Waals surface area (Å²) in [6.07, 6.45) is 0. The minimum Gasteiger partial charge on any atom is -0.340 e. The second kappa shape index (κ2) is 7.67. The van der Waals surface area contributed by atoms with Crippen molar-refractivity contribution in [2.45, 2.75) is 36.1 Å². The molecular formula is C25H23N5O2S. The first kappa shape index (κ1) is 21.1. The van der Waals surface area contributed by atoms with Gasteiger partial charge in [0, 0.05) is 11.1 Å². The Bertz CT molecular complexity index is 1570. The van der Waals surface area contributed by atoms with Crippen LogP contribution in [-0.2, 0) is 15.3 Å². The SMILES string of the molecule is CC(C)(C)c1ccc(S(=O)(=O)c2nnn3c2nc(Nc2ccccc2)c2ccccc23)cc1. The van der Waals surface area contributed by atoms with Gasteiger partial charge in [-0.1, -0.05) is 68.4 Å². The minimum absolute atomic E-state index is 0.0799. The molecule has 7 nitrogen and oxygen atoms in total. The van der Waals surface area contributed by atoms with Crippen LogP contribution in [0.15, 0.2) is 88.8 Å². The molecule has 5 rings (SSSR count). The number of benzene rings is 3. The van der Waals surface area contributed by atoms with Crippen molar-refractivity contribution in [3.63, 3.8) is 0 Å². The molecule has 2 aromatic heterocycles. The van der Waals surface area contributed by atoms with Crippen LogP contribution >= 0.6 is 0 Å². The molecule has 0 unspecified atom stereocenters. The highest BCUT2D eigenvalue weighted by molar-refractivity contribution is 7.91. The van der Waals surface area contributed by atoms with Crippen molar-refractivity contribution in [2.75, 3.05) is 5.32 Å². The third kappa shape index (κ3) is 3.72. The number of para-hydroxylation sites is 2. The maximum absolute atomic E-state index is 13.5. The van der Waals surface area contributed by atoms with Gasteiger partial charge in [0.25, 0.3) is 0 Å². The number of anilines is 2. The average Bonchev–Trinajstić information content (AvgIpc) is 3.24. The Morgan fingerprint density at radius 1 is 0.848 bits per heavy atom. The van der Waals surface area contributed by atoms with Gasteiger partial charge in [0.15, 0.2) is 5.65 Å². The molecule has 1 N–H and O–H groups in total. The van der Waals surface area contributed by atoms with Crippen molar-refractivity contribution in [3.8, 4) is 0 Å². The summed E-state index contributed by atoms with van der Waals surface area (Å²) >= 11 is 0. The monoisotopic (exact) mass is 457 g/mol. The normalized spacial score (nSPS) is 12.3. The topological polar surface area (TPSA) is 89.2 Å². The van der Waals surface area contributed by atoms with Crippen LogP contribution in [0.1, 0.15) is 26.3 Å². The first-order valence-corrected chi connectivity index (χ1v) is 12.1. The zero-order valence-electron chi connectivity index (χ0n) is 18.5.